The predicted octanol–water partition coefficient (Wildman–Crippen LogP) is 1.59. The molecule has 31 heavy (non-hydrogen) atoms. The Hall–Kier alpha value is -2.22. The fourth-order valence-corrected chi connectivity index (χ4v) is 5.42. The molecule has 2 aliphatic heterocycles. The number of aromatic nitrogens is 2. The molecule has 0 unspecified atom stereocenters. The summed E-state index contributed by atoms with van der Waals surface area (Å²) >= 11 is 0. The van der Waals surface area contributed by atoms with E-state index < -0.39 is 0 Å². The van der Waals surface area contributed by atoms with Crippen LogP contribution in [0.4, 0.5) is 0 Å². The van der Waals surface area contributed by atoms with E-state index in [0.717, 1.165) is 50.6 Å². The van der Waals surface area contributed by atoms with Crippen molar-refractivity contribution in [3.05, 3.63) is 27.4 Å². The molecule has 1 aromatic heterocycles. The number of aromatic amines is 1. The highest BCUT2D eigenvalue weighted by Crippen LogP contribution is 2.33. The lowest BCUT2D eigenvalue weighted by Crippen LogP contribution is -2.40. The Morgan fingerprint density at radius 1 is 0.968 bits per heavy atom. The van der Waals surface area contributed by atoms with Crippen molar-refractivity contribution in [1.82, 2.24) is 19.8 Å². The molecule has 2 amide bonds. The van der Waals surface area contributed by atoms with Gasteiger partial charge in [0.15, 0.2) is 0 Å². The van der Waals surface area contributed by atoms with Gasteiger partial charge >= 0.3 is 0 Å². The number of carbonyl (C=O) groups excluding carboxylic acids is 2. The van der Waals surface area contributed by atoms with Crippen LogP contribution < -0.4 is 5.56 Å². The van der Waals surface area contributed by atoms with Gasteiger partial charge in [0, 0.05) is 50.1 Å². The maximum Gasteiger partial charge on any atom is 0.254 e. The van der Waals surface area contributed by atoms with E-state index in [4.69, 9.17) is 9.72 Å². The van der Waals surface area contributed by atoms with E-state index >= 15 is 0 Å². The zero-order chi connectivity index (χ0) is 21.5. The minimum Gasteiger partial charge on any atom is -0.381 e. The van der Waals surface area contributed by atoms with Crippen LogP contribution in [0, 0.1) is 11.8 Å². The van der Waals surface area contributed by atoms with Crippen LogP contribution in [0.15, 0.2) is 4.79 Å². The van der Waals surface area contributed by atoms with E-state index in [1.165, 1.54) is 0 Å². The summed E-state index contributed by atoms with van der Waals surface area (Å²) in [6.45, 7) is 2.35. The number of likely N-dealkylation sites (tertiary alicyclic amines) is 1. The van der Waals surface area contributed by atoms with Gasteiger partial charge in [-0.25, -0.2) is 4.98 Å². The van der Waals surface area contributed by atoms with Crippen LogP contribution in [-0.2, 0) is 27.3 Å². The van der Waals surface area contributed by atoms with Crippen molar-refractivity contribution in [2.45, 2.75) is 69.9 Å². The number of carbonyl (C=O) groups is 2. The van der Waals surface area contributed by atoms with Crippen LogP contribution in [0.5, 0.6) is 0 Å². The Bertz CT molecular complexity index is 917. The first kappa shape index (κ1) is 20.7. The number of amides is 2. The lowest BCUT2D eigenvalue weighted by atomic mass is 9.86. The van der Waals surface area contributed by atoms with Gasteiger partial charge in [0.05, 0.1) is 18.3 Å². The van der Waals surface area contributed by atoms with E-state index in [1.54, 1.807) is 7.11 Å². The topological polar surface area (TPSA) is 95.6 Å². The van der Waals surface area contributed by atoms with Crippen LogP contribution in [0.3, 0.4) is 0 Å². The highest BCUT2D eigenvalue weighted by atomic mass is 16.5. The first-order valence-electron chi connectivity index (χ1n) is 11.8. The monoisotopic (exact) mass is 428 g/mol. The zero-order valence-corrected chi connectivity index (χ0v) is 18.3. The van der Waals surface area contributed by atoms with Gasteiger partial charge in [-0.1, -0.05) is 0 Å². The molecule has 1 saturated heterocycles. The molecule has 0 spiro atoms. The smallest absolute Gasteiger partial charge is 0.254 e. The van der Waals surface area contributed by atoms with Crippen molar-refractivity contribution in [1.29, 1.82) is 0 Å². The van der Waals surface area contributed by atoms with Crippen molar-refractivity contribution in [2.24, 2.45) is 11.8 Å². The van der Waals surface area contributed by atoms with E-state index in [-0.39, 0.29) is 41.2 Å². The lowest BCUT2D eigenvalue weighted by molar-refractivity contribution is -0.136. The van der Waals surface area contributed by atoms with Crippen molar-refractivity contribution < 1.29 is 14.3 Å². The predicted molar refractivity (Wildman–Crippen MR) is 113 cm³/mol. The number of H-pyrrole nitrogens is 1. The third-order valence-electron chi connectivity index (χ3n) is 7.57. The molecular weight excluding hydrogens is 396 g/mol. The van der Waals surface area contributed by atoms with Gasteiger partial charge in [-0.15, -0.1) is 0 Å². The third-order valence-corrected chi connectivity index (χ3v) is 7.57. The maximum atomic E-state index is 13.0. The molecule has 168 valence electrons. The van der Waals surface area contributed by atoms with Gasteiger partial charge in [-0.2, -0.15) is 0 Å². The molecule has 1 atom stereocenters. The summed E-state index contributed by atoms with van der Waals surface area (Å²) in [4.78, 5) is 49.8. The number of ether oxygens (including phenoxy) is 1. The second-order valence-corrected chi connectivity index (χ2v) is 9.64. The highest BCUT2D eigenvalue weighted by molar-refractivity contribution is 5.81. The largest absolute Gasteiger partial charge is 0.381 e. The quantitative estimate of drug-likeness (QED) is 0.786. The number of nitrogens with one attached hydrogen (secondary N) is 1. The van der Waals surface area contributed by atoms with Crippen molar-refractivity contribution >= 4 is 11.8 Å². The standard InChI is InChI=1S/C23H32N4O4/c1-31-17-6-4-15(5-7-17)22(29)26-10-8-16(12-26)20-24-19-13-27(23(30)14-2-3-14)11-9-18(19)21(28)25-20/h14-17H,2-13H2,1H3,(H,24,25,28)/t15?,16-,17?/m1/s1. The van der Waals surface area contributed by atoms with Crippen LogP contribution in [-0.4, -0.2) is 64.4 Å². The molecule has 1 aromatic rings. The van der Waals surface area contributed by atoms with Crippen molar-refractivity contribution in [3.8, 4) is 0 Å². The molecule has 1 N–H and O–H groups in total. The number of rotatable bonds is 4. The molecule has 8 heteroatoms. The molecule has 3 heterocycles. The van der Waals surface area contributed by atoms with Crippen LogP contribution >= 0.6 is 0 Å². The van der Waals surface area contributed by atoms with Gasteiger partial charge in [-0.05, 0) is 51.4 Å². The number of nitrogens with zero attached hydrogens (tertiary/aromatic N) is 3. The molecule has 4 aliphatic rings. The number of fused-ring (bicyclic) bond motifs is 1. The number of hydrogen-bond acceptors (Lipinski definition) is 5. The van der Waals surface area contributed by atoms with Gasteiger partial charge in [0.25, 0.3) is 5.56 Å². The van der Waals surface area contributed by atoms with Crippen molar-refractivity contribution in [3.63, 3.8) is 0 Å². The van der Waals surface area contributed by atoms with Gasteiger partial charge in [-0.3, -0.25) is 14.4 Å². The zero-order valence-electron chi connectivity index (χ0n) is 18.3. The molecular formula is C23H32N4O4. The number of methoxy groups -OCH3 is 1. The van der Waals surface area contributed by atoms with E-state index in [1.807, 2.05) is 9.80 Å². The SMILES string of the molecule is COC1CCC(C(=O)N2CC[C@@H](c3nc4c(c(=O)[nH]3)CCN(C(=O)C3CC3)C4)C2)CC1. The van der Waals surface area contributed by atoms with E-state index in [2.05, 4.69) is 4.98 Å². The third kappa shape index (κ3) is 4.14. The summed E-state index contributed by atoms with van der Waals surface area (Å²) in [5.41, 5.74) is 1.37. The Balaban J connectivity index is 1.25. The average Bonchev–Trinajstić information content (AvgIpc) is 3.53. The summed E-state index contributed by atoms with van der Waals surface area (Å²) < 4.78 is 5.42. The van der Waals surface area contributed by atoms with Gasteiger partial charge < -0.3 is 19.5 Å². The lowest BCUT2D eigenvalue weighted by Gasteiger charge is -2.30. The first-order valence-corrected chi connectivity index (χ1v) is 11.8. The second kappa shape index (κ2) is 8.37. The molecule has 0 radical (unpaired) electrons. The highest BCUT2D eigenvalue weighted by Gasteiger charge is 2.37. The minimum atomic E-state index is -0.0822. The summed E-state index contributed by atoms with van der Waals surface area (Å²) in [5, 5.41) is 0. The molecule has 0 bridgehead atoms. The fraction of sp³-hybridized carbons (Fsp3) is 0.739. The van der Waals surface area contributed by atoms with Crippen LogP contribution in [0.25, 0.3) is 0 Å². The average molecular weight is 429 g/mol. The first-order chi connectivity index (χ1) is 15.0. The summed E-state index contributed by atoms with van der Waals surface area (Å²) in [5.74, 6) is 1.42. The van der Waals surface area contributed by atoms with Crippen LogP contribution in [0.2, 0.25) is 0 Å². The summed E-state index contributed by atoms with van der Waals surface area (Å²) in [6.07, 6.45) is 7.28. The van der Waals surface area contributed by atoms with Gasteiger partial charge in [0.1, 0.15) is 5.82 Å². The summed E-state index contributed by atoms with van der Waals surface area (Å²) in [6, 6.07) is 0. The Morgan fingerprint density at radius 2 is 1.65 bits per heavy atom. The molecule has 8 nitrogen and oxygen atoms in total. The number of hydrogen-bond donors (Lipinski definition) is 1. The minimum absolute atomic E-state index is 0.0479. The molecule has 2 aliphatic carbocycles. The Kier molecular flexibility index (Phi) is 5.58. The molecule has 5 rings (SSSR count). The van der Waals surface area contributed by atoms with E-state index in [0.29, 0.717) is 44.0 Å². The van der Waals surface area contributed by atoms with Crippen LogP contribution in [0.1, 0.15) is 67.9 Å². The summed E-state index contributed by atoms with van der Waals surface area (Å²) in [7, 11) is 1.74. The Labute approximate surface area is 182 Å². The maximum absolute atomic E-state index is 13.0. The molecule has 2 saturated carbocycles. The normalized spacial score (nSPS) is 28.5. The second-order valence-electron chi connectivity index (χ2n) is 9.64. The van der Waals surface area contributed by atoms with E-state index in [9.17, 15) is 14.4 Å². The molecule has 3 fully saturated rings. The van der Waals surface area contributed by atoms with Crippen molar-refractivity contribution in [2.75, 3.05) is 26.7 Å². The Morgan fingerprint density at radius 3 is 2.32 bits per heavy atom. The van der Waals surface area contributed by atoms with Gasteiger partial charge in [0.2, 0.25) is 11.8 Å². The fourth-order valence-electron chi connectivity index (χ4n) is 5.42. The molecule has 0 aromatic carbocycles.